The Bertz CT molecular complexity index is 1450. The summed E-state index contributed by atoms with van der Waals surface area (Å²) in [4.78, 5) is 15.7. The minimum absolute atomic E-state index is 0.0801. The Morgan fingerprint density at radius 3 is 2.64 bits per heavy atom. The van der Waals surface area contributed by atoms with Crippen molar-refractivity contribution in [3.05, 3.63) is 123 Å². The maximum atomic E-state index is 12.5. The summed E-state index contributed by atoms with van der Waals surface area (Å²) in [7, 11) is 2.00. The van der Waals surface area contributed by atoms with Crippen LogP contribution in [0.4, 0.5) is 11.4 Å². The fourth-order valence-corrected chi connectivity index (χ4v) is 5.11. The number of hydrogen-bond acceptors (Lipinski definition) is 5. The number of anilines is 2. The summed E-state index contributed by atoms with van der Waals surface area (Å²) in [6.45, 7) is 3.14. The van der Waals surface area contributed by atoms with Crippen LogP contribution in [0.1, 0.15) is 38.8 Å². The second kappa shape index (κ2) is 13.2. The van der Waals surface area contributed by atoms with E-state index in [-0.39, 0.29) is 5.91 Å². The average molecular weight is 540 g/mol. The molecule has 1 heterocycles. The van der Waals surface area contributed by atoms with Crippen LogP contribution in [-0.2, 0) is 17.8 Å². The molecular weight excluding hydrogens is 504 g/mol. The number of carbonyl (C=O) groups is 1. The van der Waals surface area contributed by atoms with Gasteiger partial charge in [-0.2, -0.15) is 0 Å². The molecule has 7 heteroatoms. The van der Waals surface area contributed by atoms with Gasteiger partial charge in [0.2, 0.25) is 11.6 Å². The third kappa shape index (κ3) is 7.97. The van der Waals surface area contributed by atoms with Gasteiger partial charge < -0.3 is 16.2 Å². The van der Waals surface area contributed by atoms with E-state index >= 15 is 0 Å². The van der Waals surface area contributed by atoms with Crippen LogP contribution in [0.2, 0.25) is 0 Å². The Morgan fingerprint density at radius 1 is 1.10 bits per heavy atom. The second-order valence-electron chi connectivity index (χ2n) is 9.72. The second-order valence-corrected chi connectivity index (χ2v) is 10.7. The predicted molar refractivity (Wildman–Crippen MR) is 161 cm³/mol. The first-order chi connectivity index (χ1) is 18.8. The molecule has 200 valence electrons. The number of nitrogens with two attached hydrogens (primary N) is 2. The molecule has 3 aromatic carbocycles. The summed E-state index contributed by atoms with van der Waals surface area (Å²) in [6.07, 6.45) is 3.57. The van der Waals surface area contributed by atoms with Gasteiger partial charge in [-0.3, -0.25) is 15.1 Å². The summed E-state index contributed by atoms with van der Waals surface area (Å²) in [5.74, 6) is -0.0801. The maximum absolute atomic E-state index is 12.5. The number of aliphatic hydroxyl groups excluding tert-OH is 1. The van der Waals surface area contributed by atoms with Gasteiger partial charge in [0.25, 0.3) is 0 Å². The van der Waals surface area contributed by atoms with Crippen LogP contribution in [0, 0.1) is 6.92 Å². The number of rotatable bonds is 11. The molecule has 1 amide bonds. The molecule has 0 fully saturated rings. The summed E-state index contributed by atoms with van der Waals surface area (Å²) < 4.78 is 0. The van der Waals surface area contributed by atoms with Crippen LogP contribution in [0.15, 0.2) is 90.3 Å². The zero-order valence-corrected chi connectivity index (χ0v) is 23.1. The fraction of sp³-hybridized carbons (Fsp3) is 0.188. The zero-order valence-electron chi connectivity index (χ0n) is 22.3. The largest absolute Gasteiger partial charge is 0.398 e. The molecule has 4 rings (SSSR count). The van der Waals surface area contributed by atoms with E-state index in [1.807, 2.05) is 98.2 Å². The summed E-state index contributed by atoms with van der Waals surface area (Å²) in [6, 6.07) is 25.4. The van der Waals surface area contributed by atoms with E-state index in [1.165, 1.54) is 0 Å². The highest BCUT2D eigenvalue weighted by molar-refractivity contribution is 7.10. The number of nitrogens with one attached hydrogen (secondary N) is 1. The summed E-state index contributed by atoms with van der Waals surface area (Å²) in [5.41, 5.74) is 12.6. The van der Waals surface area contributed by atoms with Crippen LogP contribution < -0.4 is 16.5 Å². The highest BCUT2D eigenvalue weighted by atomic mass is 32.1. The van der Waals surface area contributed by atoms with Crippen molar-refractivity contribution in [3.8, 4) is 0 Å². The molecule has 1 atom stereocenters. The van der Waals surface area contributed by atoms with Crippen LogP contribution in [0.25, 0.3) is 6.08 Å². The van der Waals surface area contributed by atoms with Gasteiger partial charge in [0.1, 0.15) is 0 Å². The highest BCUT2D eigenvalue weighted by Crippen LogP contribution is 2.24. The molecule has 0 aliphatic carbocycles. The number of amides is 1. The minimum Gasteiger partial charge on any atom is -0.398 e. The smallest absolute Gasteiger partial charge is 0.229 e. The number of aliphatic hydroxyl groups is 1. The Kier molecular flexibility index (Phi) is 9.44. The molecule has 0 spiro atoms. The number of aryl methyl sites for hydroxylation is 1. The van der Waals surface area contributed by atoms with E-state index in [2.05, 4.69) is 22.3 Å². The van der Waals surface area contributed by atoms with E-state index in [4.69, 9.17) is 11.1 Å². The molecule has 0 saturated carbocycles. The van der Waals surface area contributed by atoms with E-state index in [9.17, 15) is 9.90 Å². The van der Waals surface area contributed by atoms with Gasteiger partial charge in [0.05, 0.1) is 18.1 Å². The number of carbonyl (C=O) groups excluding carboxylic acids is 1. The van der Waals surface area contributed by atoms with Gasteiger partial charge in [0.15, 0.2) is 0 Å². The monoisotopic (exact) mass is 539 g/mol. The minimum atomic E-state index is -0.543. The third-order valence-electron chi connectivity index (χ3n) is 6.42. The number of likely N-dealkylation sites (N-methyl/N-ethyl adjacent to an activating group) is 1. The molecule has 4 aromatic rings. The molecule has 0 saturated heterocycles. The van der Waals surface area contributed by atoms with Crippen LogP contribution in [0.5, 0.6) is 0 Å². The molecule has 0 aliphatic heterocycles. The van der Waals surface area contributed by atoms with Crippen molar-refractivity contribution < 1.29 is 15.3 Å². The van der Waals surface area contributed by atoms with E-state index in [0.717, 1.165) is 27.1 Å². The van der Waals surface area contributed by atoms with E-state index in [0.29, 0.717) is 42.2 Å². The first-order valence-corrected chi connectivity index (χ1v) is 13.7. The van der Waals surface area contributed by atoms with Gasteiger partial charge >= 0.3 is 0 Å². The van der Waals surface area contributed by atoms with Gasteiger partial charge in [-0.05, 0) is 65.9 Å². The molecule has 6 N–H and O–H groups in total. The van der Waals surface area contributed by atoms with Crippen molar-refractivity contribution >= 4 is 40.4 Å². The van der Waals surface area contributed by atoms with Crippen molar-refractivity contribution in [1.82, 2.24) is 4.90 Å². The number of thiophene rings is 1. The van der Waals surface area contributed by atoms with Crippen molar-refractivity contribution in [2.45, 2.75) is 26.0 Å². The van der Waals surface area contributed by atoms with E-state index < -0.39 is 6.10 Å². The number of hydrogen-bond donors (Lipinski definition) is 4. The molecule has 39 heavy (non-hydrogen) atoms. The molecule has 0 aliphatic rings. The van der Waals surface area contributed by atoms with Crippen molar-refractivity contribution in [1.29, 1.82) is 0 Å². The number of nitrogen functional groups attached to an aromatic ring is 1. The molecule has 1 unspecified atom stereocenters. The lowest BCUT2D eigenvalue weighted by atomic mass is 10.0. The molecule has 6 nitrogen and oxygen atoms in total. The quantitative estimate of drug-likeness (QED) is 0.169. The number of nitrogens with zero attached hydrogens (tertiary/aromatic N) is 1. The standard InChI is InChI=1S/C32H34N4O2S/c1-22-16-29(34)27(19-30(22)35-32(38)18-26-12-7-15-39-26)28(33)14-13-23-8-6-9-24(17-23)20-36(2)21-31(37)25-10-4-3-5-11-25/h3-17,19,31,33,37H,18,20-21,34H2,1-2H3,(H,35,38)/p+1/b14-13+,33-28?. The third-order valence-corrected chi connectivity index (χ3v) is 7.30. The first-order valence-electron chi connectivity index (χ1n) is 12.8. The highest BCUT2D eigenvalue weighted by Gasteiger charge is 2.14. The summed E-state index contributed by atoms with van der Waals surface area (Å²) in [5, 5.41) is 21.9. The maximum Gasteiger partial charge on any atom is 0.229 e. The lowest BCUT2D eigenvalue weighted by molar-refractivity contribution is -0.115. The van der Waals surface area contributed by atoms with Crippen LogP contribution in [-0.4, -0.2) is 35.2 Å². The van der Waals surface area contributed by atoms with Gasteiger partial charge in [-0.1, -0.05) is 60.7 Å². The van der Waals surface area contributed by atoms with Crippen LogP contribution in [0.3, 0.4) is 0 Å². The van der Waals surface area contributed by atoms with E-state index in [1.54, 1.807) is 11.3 Å². The van der Waals surface area contributed by atoms with Crippen molar-refractivity contribution in [2.75, 3.05) is 24.6 Å². The lowest BCUT2D eigenvalue weighted by Gasteiger charge is -2.21. The molecule has 0 bridgehead atoms. The molecule has 1 aromatic heterocycles. The normalized spacial score (nSPS) is 12.1. The Balaban J connectivity index is 1.40. The van der Waals surface area contributed by atoms with Gasteiger partial charge in [-0.25, -0.2) is 0 Å². The zero-order chi connectivity index (χ0) is 27.8. The molecular formula is C32H35N4O2S+. The van der Waals surface area contributed by atoms with Gasteiger partial charge in [0, 0.05) is 35.4 Å². The first kappa shape index (κ1) is 28.0. The topological polar surface area (TPSA) is 104 Å². The SMILES string of the molecule is Cc1cc(N)c(C(=[NH2+])/C=C/c2cccc(CN(C)CC(O)c3ccccc3)c2)cc1NC(=O)Cc1cccs1. The number of allylic oxidation sites excluding steroid dienone is 1. The Morgan fingerprint density at radius 2 is 1.90 bits per heavy atom. The number of benzene rings is 3. The summed E-state index contributed by atoms with van der Waals surface area (Å²) >= 11 is 1.56. The lowest BCUT2D eigenvalue weighted by Crippen LogP contribution is -2.39. The van der Waals surface area contributed by atoms with Crippen LogP contribution >= 0.6 is 11.3 Å². The Labute approximate surface area is 233 Å². The predicted octanol–water partition coefficient (Wildman–Crippen LogP) is 4.25. The Hall–Kier alpha value is -4.04. The molecule has 0 radical (unpaired) electrons. The van der Waals surface area contributed by atoms with Gasteiger partial charge in [-0.15, -0.1) is 11.3 Å². The van der Waals surface area contributed by atoms with Crippen molar-refractivity contribution in [2.24, 2.45) is 0 Å². The van der Waals surface area contributed by atoms with Crippen molar-refractivity contribution in [3.63, 3.8) is 0 Å². The average Bonchev–Trinajstić information content (AvgIpc) is 3.42. The fourth-order valence-electron chi connectivity index (χ4n) is 4.40.